The second-order valence-electron chi connectivity index (χ2n) is 5.58. The third-order valence-corrected chi connectivity index (χ3v) is 3.83. The van der Waals surface area contributed by atoms with Crippen LogP contribution in [0.1, 0.15) is 38.8 Å². The molecule has 0 aliphatic heterocycles. The first-order valence-electron chi connectivity index (χ1n) is 7.24. The summed E-state index contributed by atoms with van der Waals surface area (Å²) in [6.45, 7) is 6.75. The van der Waals surface area contributed by atoms with Crippen molar-refractivity contribution in [1.82, 2.24) is 4.57 Å². The number of rotatable bonds is 3. The monoisotopic (exact) mass is 251 g/mol. The van der Waals surface area contributed by atoms with Gasteiger partial charge in [0.05, 0.1) is 0 Å². The van der Waals surface area contributed by atoms with Gasteiger partial charge in [0.2, 0.25) is 0 Å². The van der Waals surface area contributed by atoms with Crippen molar-refractivity contribution >= 4 is 21.8 Å². The molecule has 0 saturated heterocycles. The van der Waals surface area contributed by atoms with Gasteiger partial charge in [-0.15, -0.1) is 0 Å². The molecule has 0 aliphatic rings. The zero-order chi connectivity index (χ0) is 13.4. The Labute approximate surface area is 114 Å². The van der Waals surface area contributed by atoms with E-state index in [2.05, 4.69) is 67.8 Å². The molecule has 0 atom stereocenters. The highest BCUT2D eigenvalue weighted by Crippen LogP contribution is 2.32. The molecule has 0 saturated carbocycles. The van der Waals surface area contributed by atoms with Gasteiger partial charge in [0.1, 0.15) is 0 Å². The Bertz CT molecular complexity index is 719. The fourth-order valence-electron chi connectivity index (χ4n) is 3.05. The molecule has 98 valence electrons. The largest absolute Gasteiger partial charge is 0.338 e. The van der Waals surface area contributed by atoms with Gasteiger partial charge in [-0.05, 0) is 44.0 Å². The van der Waals surface area contributed by atoms with Crippen LogP contribution in [-0.2, 0) is 6.42 Å². The molecular formula is C18H21N. The quantitative estimate of drug-likeness (QED) is 0.593. The van der Waals surface area contributed by atoms with Crippen LogP contribution in [0.2, 0.25) is 0 Å². The summed E-state index contributed by atoms with van der Waals surface area (Å²) in [7, 11) is 0. The van der Waals surface area contributed by atoms with Gasteiger partial charge >= 0.3 is 0 Å². The summed E-state index contributed by atoms with van der Waals surface area (Å²) in [6.07, 6.45) is 2.37. The molecule has 2 aromatic carbocycles. The van der Waals surface area contributed by atoms with E-state index in [4.69, 9.17) is 0 Å². The van der Waals surface area contributed by atoms with Gasteiger partial charge in [0.15, 0.2) is 0 Å². The van der Waals surface area contributed by atoms with E-state index in [0.717, 1.165) is 6.42 Å². The smallest absolute Gasteiger partial charge is 0.0493 e. The maximum atomic E-state index is 2.44. The Morgan fingerprint density at radius 2 is 1.68 bits per heavy atom. The van der Waals surface area contributed by atoms with Gasteiger partial charge < -0.3 is 4.57 Å². The van der Waals surface area contributed by atoms with Gasteiger partial charge in [-0.25, -0.2) is 0 Å². The van der Waals surface area contributed by atoms with E-state index < -0.39 is 0 Å². The number of aryl methyl sites for hydroxylation is 1. The topological polar surface area (TPSA) is 4.93 Å². The average Bonchev–Trinajstić information content (AvgIpc) is 2.73. The lowest BCUT2D eigenvalue weighted by molar-refractivity contribution is 0.642. The van der Waals surface area contributed by atoms with E-state index in [9.17, 15) is 0 Å². The molecule has 1 heterocycles. The van der Waals surface area contributed by atoms with Crippen molar-refractivity contribution in [2.45, 2.75) is 39.7 Å². The standard InChI is InChI=1S/C18H21N/c1-4-7-14-10-11-18-16(12-14)15-8-5-6-9-17(15)19(18)13(2)3/h5-6,8-13H,4,7H2,1-3H3. The highest BCUT2D eigenvalue weighted by molar-refractivity contribution is 6.08. The molecule has 0 amide bonds. The summed E-state index contributed by atoms with van der Waals surface area (Å²) in [5.41, 5.74) is 4.15. The van der Waals surface area contributed by atoms with Crippen LogP contribution in [0.3, 0.4) is 0 Å². The van der Waals surface area contributed by atoms with E-state index in [1.807, 2.05) is 0 Å². The fraction of sp³-hybridized carbons (Fsp3) is 0.333. The van der Waals surface area contributed by atoms with Gasteiger partial charge in [-0.2, -0.15) is 0 Å². The van der Waals surface area contributed by atoms with E-state index in [-0.39, 0.29) is 0 Å². The number of benzene rings is 2. The number of fused-ring (bicyclic) bond motifs is 3. The summed E-state index contributed by atoms with van der Waals surface area (Å²) in [5, 5.41) is 2.78. The van der Waals surface area contributed by atoms with Gasteiger partial charge in [-0.3, -0.25) is 0 Å². The minimum atomic E-state index is 0.486. The summed E-state index contributed by atoms with van der Waals surface area (Å²) >= 11 is 0. The predicted molar refractivity (Wildman–Crippen MR) is 83.8 cm³/mol. The summed E-state index contributed by atoms with van der Waals surface area (Å²) in [6, 6.07) is 16.2. The molecule has 0 aliphatic carbocycles. The highest BCUT2D eigenvalue weighted by atomic mass is 15.0. The maximum Gasteiger partial charge on any atom is 0.0493 e. The van der Waals surface area contributed by atoms with Gasteiger partial charge in [0.25, 0.3) is 0 Å². The SMILES string of the molecule is CCCc1ccc2c(c1)c1ccccc1n2C(C)C. The lowest BCUT2D eigenvalue weighted by Gasteiger charge is -2.11. The van der Waals surface area contributed by atoms with Gasteiger partial charge in [0, 0.05) is 27.8 Å². The van der Waals surface area contributed by atoms with Crippen molar-refractivity contribution in [3.63, 3.8) is 0 Å². The number of hydrogen-bond acceptors (Lipinski definition) is 0. The van der Waals surface area contributed by atoms with Crippen molar-refractivity contribution in [3.05, 3.63) is 48.0 Å². The molecule has 3 aromatic rings. The van der Waals surface area contributed by atoms with Crippen molar-refractivity contribution < 1.29 is 0 Å². The zero-order valence-corrected chi connectivity index (χ0v) is 12.0. The molecule has 19 heavy (non-hydrogen) atoms. The first-order chi connectivity index (χ1) is 9.22. The van der Waals surface area contributed by atoms with Crippen LogP contribution in [0.15, 0.2) is 42.5 Å². The first kappa shape index (κ1) is 12.3. The summed E-state index contributed by atoms with van der Waals surface area (Å²) in [4.78, 5) is 0. The molecule has 0 spiro atoms. The average molecular weight is 251 g/mol. The minimum Gasteiger partial charge on any atom is -0.338 e. The van der Waals surface area contributed by atoms with E-state index in [1.165, 1.54) is 33.8 Å². The Kier molecular flexibility index (Phi) is 3.06. The molecule has 1 nitrogen and oxygen atoms in total. The highest BCUT2D eigenvalue weighted by Gasteiger charge is 2.12. The predicted octanol–water partition coefficient (Wildman–Crippen LogP) is 5.33. The molecule has 0 radical (unpaired) electrons. The Morgan fingerprint density at radius 3 is 2.42 bits per heavy atom. The molecule has 3 rings (SSSR count). The minimum absolute atomic E-state index is 0.486. The Balaban J connectivity index is 2.38. The Morgan fingerprint density at radius 1 is 0.947 bits per heavy atom. The van der Waals surface area contributed by atoms with Crippen molar-refractivity contribution in [2.75, 3.05) is 0 Å². The molecule has 1 heteroatoms. The van der Waals surface area contributed by atoms with Crippen LogP contribution in [0.5, 0.6) is 0 Å². The van der Waals surface area contributed by atoms with Crippen LogP contribution in [-0.4, -0.2) is 4.57 Å². The molecule has 1 aromatic heterocycles. The molecular weight excluding hydrogens is 230 g/mol. The van der Waals surface area contributed by atoms with E-state index in [1.54, 1.807) is 0 Å². The third kappa shape index (κ3) is 1.94. The van der Waals surface area contributed by atoms with Crippen LogP contribution in [0.4, 0.5) is 0 Å². The number of para-hydroxylation sites is 1. The lowest BCUT2D eigenvalue weighted by atomic mass is 10.1. The zero-order valence-electron chi connectivity index (χ0n) is 12.0. The summed E-state index contributed by atoms with van der Waals surface area (Å²) in [5.74, 6) is 0. The summed E-state index contributed by atoms with van der Waals surface area (Å²) < 4.78 is 2.44. The Hall–Kier alpha value is -1.76. The second kappa shape index (κ2) is 4.73. The molecule has 0 fully saturated rings. The first-order valence-corrected chi connectivity index (χ1v) is 7.24. The third-order valence-electron chi connectivity index (χ3n) is 3.83. The number of hydrogen-bond donors (Lipinski definition) is 0. The van der Waals surface area contributed by atoms with Crippen LogP contribution < -0.4 is 0 Å². The fourth-order valence-corrected chi connectivity index (χ4v) is 3.05. The van der Waals surface area contributed by atoms with E-state index >= 15 is 0 Å². The van der Waals surface area contributed by atoms with Crippen molar-refractivity contribution in [1.29, 1.82) is 0 Å². The van der Waals surface area contributed by atoms with Crippen molar-refractivity contribution in [2.24, 2.45) is 0 Å². The lowest BCUT2D eigenvalue weighted by Crippen LogP contribution is -1.99. The molecule has 0 unspecified atom stereocenters. The van der Waals surface area contributed by atoms with Crippen LogP contribution in [0.25, 0.3) is 21.8 Å². The number of nitrogens with zero attached hydrogens (tertiary/aromatic N) is 1. The maximum absolute atomic E-state index is 2.44. The van der Waals surface area contributed by atoms with Crippen LogP contribution in [0, 0.1) is 0 Å². The van der Waals surface area contributed by atoms with E-state index in [0.29, 0.717) is 6.04 Å². The van der Waals surface area contributed by atoms with Crippen molar-refractivity contribution in [3.8, 4) is 0 Å². The number of aromatic nitrogens is 1. The molecule has 0 N–H and O–H groups in total. The molecule has 0 bridgehead atoms. The van der Waals surface area contributed by atoms with Gasteiger partial charge in [-0.1, -0.05) is 37.6 Å². The second-order valence-corrected chi connectivity index (χ2v) is 5.58. The van der Waals surface area contributed by atoms with Crippen LogP contribution >= 0.6 is 0 Å². The normalized spacial score (nSPS) is 11.8.